The highest BCUT2D eigenvalue weighted by Gasteiger charge is 2.13. The van der Waals surface area contributed by atoms with E-state index >= 15 is 0 Å². The lowest BCUT2D eigenvalue weighted by molar-refractivity contribution is 1.14. The number of halogens is 1. The monoisotopic (exact) mass is 398 g/mol. The third kappa shape index (κ3) is 2.44. The van der Waals surface area contributed by atoms with E-state index in [0.717, 1.165) is 26.7 Å². The van der Waals surface area contributed by atoms with Crippen LogP contribution < -0.4 is 0 Å². The van der Waals surface area contributed by atoms with Crippen molar-refractivity contribution in [1.29, 1.82) is 0 Å². The number of pyridine rings is 1. The Balaban J connectivity index is 1.73. The van der Waals surface area contributed by atoms with E-state index in [4.69, 9.17) is 0 Å². The number of rotatable bonds is 2. The van der Waals surface area contributed by atoms with Crippen LogP contribution in [0.3, 0.4) is 0 Å². The summed E-state index contributed by atoms with van der Waals surface area (Å²) < 4.78 is 3.30. The maximum Gasteiger partial charge on any atom is 0.145 e. The first-order chi connectivity index (χ1) is 12.8. The van der Waals surface area contributed by atoms with E-state index in [1.54, 1.807) is 0 Å². The fourth-order valence-electron chi connectivity index (χ4n) is 3.51. The van der Waals surface area contributed by atoms with Gasteiger partial charge < -0.3 is 0 Å². The first-order valence-electron chi connectivity index (χ1n) is 8.52. The van der Waals surface area contributed by atoms with Crippen LogP contribution in [0.2, 0.25) is 0 Å². The zero-order valence-electron chi connectivity index (χ0n) is 13.9. The molecule has 0 aliphatic carbocycles. The Bertz CT molecular complexity index is 1220. The Hall–Kier alpha value is -2.91. The van der Waals surface area contributed by atoms with Gasteiger partial charge in [-0.25, -0.2) is 4.98 Å². The summed E-state index contributed by atoms with van der Waals surface area (Å²) in [5, 5.41) is 2.37. The minimum Gasteiger partial charge on any atom is -0.294 e. The second-order valence-corrected chi connectivity index (χ2v) is 7.20. The number of hydrogen-bond acceptors (Lipinski definition) is 1. The van der Waals surface area contributed by atoms with Gasteiger partial charge in [0, 0.05) is 27.1 Å². The molecule has 3 aromatic carbocycles. The molecule has 0 radical (unpaired) electrons. The van der Waals surface area contributed by atoms with Crippen molar-refractivity contribution < 1.29 is 0 Å². The molecule has 2 aromatic heterocycles. The minimum atomic E-state index is 0.980. The lowest BCUT2D eigenvalue weighted by Gasteiger charge is -2.08. The Labute approximate surface area is 159 Å². The Kier molecular flexibility index (Phi) is 3.61. The number of nitrogens with zero attached hydrogens (tertiary/aromatic N) is 2. The van der Waals surface area contributed by atoms with Crippen LogP contribution in [0.1, 0.15) is 0 Å². The van der Waals surface area contributed by atoms with E-state index in [2.05, 4.69) is 98.3 Å². The van der Waals surface area contributed by atoms with Crippen LogP contribution in [0.15, 0.2) is 95.6 Å². The van der Waals surface area contributed by atoms with E-state index in [1.165, 1.54) is 16.5 Å². The lowest BCUT2D eigenvalue weighted by atomic mass is 10.1. The molecule has 0 aliphatic heterocycles. The van der Waals surface area contributed by atoms with Crippen LogP contribution >= 0.6 is 15.9 Å². The van der Waals surface area contributed by atoms with E-state index in [1.807, 2.05) is 18.3 Å². The second kappa shape index (κ2) is 6.11. The average Bonchev–Trinajstić information content (AvgIpc) is 3.02. The third-order valence-corrected chi connectivity index (χ3v) is 5.21. The standard InChI is InChI=1S/C23H15BrN2/c24-18-10-13-22-21(15-18)20-7-4-14-25-23(20)26(22)19-11-8-17(9-12-19)16-5-2-1-3-6-16/h1-15H. The molecule has 26 heavy (non-hydrogen) atoms. The van der Waals surface area contributed by atoms with Crippen LogP contribution in [-0.2, 0) is 0 Å². The van der Waals surface area contributed by atoms with Gasteiger partial charge in [-0.3, -0.25) is 4.57 Å². The number of hydrogen-bond donors (Lipinski definition) is 0. The summed E-state index contributed by atoms with van der Waals surface area (Å²) in [5.74, 6) is 0. The molecule has 2 nitrogen and oxygen atoms in total. The van der Waals surface area contributed by atoms with Gasteiger partial charge in [-0.05, 0) is 53.6 Å². The summed E-state index contributed by atoms with van der Waals surface area (Å²) in [6, 6.07) is 29.6. The zero-order valence-corrected chi connectivity index (χ0v) is 15.5. The molecule has 124 valence electrons. The summed E-state index contributed by atoms with van der Waals surface area (Å²) in [6.45, 7) is 0. The fraction of sp³-hybridized carbons (Fsp3) is 0. The molecule has 0 amide bonds. The molecule has 0 saturated heterocycles. The van der Waals surface area contributed by atoms with Gasteiger partial charge in [-0.2, -0.15) is 0 Å². The predicted molar refractivity (Wildman–Crippen MR) is 112 cm³/mol. The molecule has 0 bridgehead atoms. The zero-order chi connectivity index (χ0) is 17.5. The lowest BCUT2D eigenvalue weighted by Crippen LogP contribution is -1.95. The molecule has 3 heteroatoms. The first kappa shape index (κ1) is 15.4. The van der Waals surface area contributed by atoms with Crippen LogP contribution in [0.4, 0.5) is 0 Å². The molecule has 0 atom stereocenters. The highest BCUT2D eigenvalue weighted by molar-refractivity contribution is 9.10. The van der Waals surface area contributed by atoms with Gasteiger partial charge >= 0.3 is 0 Å². The van der Waals surface area contributed by atoms with E-state index < -0.39 is 0 Å². The quantitative estimate of drug-likeness (QED) is 0.327. The third-order valence-electron chi connectivity index (χ3n) is 4.72. The summed E-state index contributed by atoms with van der Waals surface area (Å²) in [7, 11) is 0. The summed E-state index contributed by atoms with van der Waals surface area (Å²) in [5.41, 5.74) is 5.70. The summed E-state index contributed by atoms with van der Waals surface area (Å²) in [4.78, 5) is 4.65. The van der Waals surface area contributed by atoms with Gasteiger partial charge in [0.05, 0.1) is 5.52 Å². The second-order valence-electron chi connectivity index (χ2n) is 6.28. The van der Waals surface area contributed by atoms with Crippen LogP contribution in [0.5, 0.6) is 0 Å². The van der Waals surface area contributed by atoms with Crippen molar-refractivity contribution in [3.05, 3.63) is 95.6 Å². The molecule has 0 fully saturated rings. The highest BCUT2D eigenvalue weighted by atomic mass is 79.9. The SMILES string of the molecule is Brc1ccc2c(c1)c1cccnc1n2-c1ccc(-c2ccccc2)cc1. The van der Waals surface area contributed by atoms with Gasteiger partial charge in [0.1, 0.15) is 5.65 Å². The summed E-state index contributed by atoms with van der Waals surface area (Å²) >= 11 is 3.59. The largest absolute Gasteiger partial charge is 0.294 e. The van der Waals surface area contributed by atoms with Crippen molar-refractivity contribution in [2.24, 2.45) is 0 Å². The molecule has 0 N–H and O–H groups in total. The maximum absolute atomic E-state index is 4.65. The van der Waals surface area contributed by atoms with Crippen molar-refractivity contribution in [3.8, 4) is 16.8 Å². The Morgan fingerprint density at radius 3 is 2.27 bits per heavy atom. The van der Waals surface area contributed by atoms with Gasteiger partial charge in [-0.15, -0.1) is 0 Å². The normalized spacial score (nSPS) is 11.3. The molecule has 0 saturated carbocycles. The van der Waals surface area contributed by atoms with Gasteiger partial charge in [-0.1, -0.05) is 58.4 Å². The van der Waals surface area contributed by atoms with Gasteiger partial charge in [0.25, 0.3) is 0 Å². The fourth-order valence-corrected chi connectivity index (χ4v) is 3.87. The molecular weight excluding hydrogens is 384 g/mol. The van der Waals surface area contributed by atoms with E-state index in [0.29, 0.717) is 0 Å². The highest BCUT2D eigenvalue weighted by Crippen LogP contribution is 2.33. The van der Waals surface area contributed by atoms with Crippen molar-refractivity contribution in [2.75, 3.05) is 0 Å². The Morgan fingerprint density at radius 1 is 0.692 bits per heavy atom. The average molecular weight is 399 g/mol. The predicted octanol–water partition coefficient (Wildman–Crippen LogP) is 6.61. The molecule has 5 aromatic rings. The number of benzene rings is 3. The molecule has 5 rings (SSSR count). The first-order valence-corrected chi connectivity index (χ1v) is 9.31. The van der Waals surface area contributed by atoms with Crippen molar-refractivity contribution in [2.45, 2.75) is 0 Å². The van der Waals surface area contributed by atoms with Crippen LogP contribution in [-0.4, -0.2) is 9.55 Å². The molecule has 0 aliphatic rings. The number of fused-ring (bicyclic) bond motifs is 3. The molecule has 0 unspecified atom stereocenters. The molecular formula is C23H15BrN2. The maximum atomic E-state index is 4.65. The number of aromatic nitrogens is 2. The van der Waals surface area contributed by atoms with Crippen LogP contribution in [0.25, 0.3) is 38.8 Å². The van der Waals surface area contributed by atoms with Crippen molar-refractivity contribution >= 4 is 37.9 Å². The van der Waals surface area contributed by atoms with Crippen LogP contribution in [0, 0.1) is 0 Å². The van der Waals surface area contributed by atoms with Gasteiger partial charge in [0.15, 0.2) is 0 Å². The van der Waals surface area contributed by atoms with Gasteiger partial charge in [0.2, 0.25) is 0 Å². The topological polar surface area (TPSA) is 17.8 Å². The van der Waals surface area contributed by atoms with Crippen molar-refractivity contribution in [1.82, 2.24) is 9.55 Å². The summed E-state index contributed by atoms with van der Waals surface area (Å²) in [6.07, 6.45) is 1.85. The van der Waals surface area contributed by atoms with E-state index in [9.17, 15) is 0 Å². The molecule has 2 heterocycles. The Morgan fingerprint density at radius 2 is 1.46 bits per heavy atom. The van der Waals surface area contributed by atoms with E-state index in [-0.39, 0.29) is 0 Å². The van der Waals surface area contributed by atoms with Crippen molar-refractivity contribution in [3.63, 3.8) is 0 Å². The molecule has 0 spiro atoms. The smallest absolute Gasteiger partial charge is 0.145 e. The minimum absolute atomic E-state index is 0.980.